The van der Waals surface area contributed by atoms with Crippen molar-refractivity contribution in [3.05, 3.63) is 41.2 Å². The third-order valence-corrected chi connectivity index (χ3v) is 6.13. The van der Waals surface area contributed by atoms with Gasteiger partial charge < -0.3 is 14.7 Å². The standard InChI is InChI=1S/C19H21ClN6O3S/c1-29-16-15-17(22-11-21-16)30-18(23-15)24-19(28)26-7-5-25(6-8-26)14(10-27)12-3-2-4-13(20)9-12/h2-4,9,11,14,27H,5-8,10H2,1H3,(H,23,24,28). The zero-order valence-electron chi connectivity index (χ0n) is 16.3. The molecule has 1 saturated heterocycles. The van der Waals surface area contributed by atoms with Crippen LogP contribution in [0.1, 0.15) is 11.6 Å². The maximum Gasteiger partial charge on any atom is 0.323 e. The maximum absolute atomic E-state index is 12.7. The highest BCUT2D eigenvalue weighted by atomic mass is 35.5. The molecule has 0 bridgehead atoms. The van der Waals surface area contributed by atoms with E-state index in [1.54, 1.807) is 4.90 Å². The van der Waals surface area contributed by atoms with Crippen LogP contribution >= 0.6 is 22.9 Å². The van der Waals surface area contributed by atoms with Gasteiger partial charge in [0, 0.05) is 31.2 Å². The molecule has 2 amide bonds. The number of rotatable bonds is 5. The minimum Gasteiger partial charge on any atom is -0.479 e. The van der Waals surface area contributed by atoms with E-state index in [2.05, 4.69) is 25.2 Å². The Hall–Kier alpha value is -2.53. The number of halogens is 1. The predicted molar refractivity (Wildman–Crippen MR) is 115 cm³/mol. The van der Waals surface area contributed by atoms with Crippen molar-refractivity contribution in [3.8, 4) is 5.88 Å². The number of carbonyl (C=O) groups excluding carboxylic acids is 1. The first-order chi connectivity index (χ1) is 14.6. The molecule has 3 heterocycles. The van der Waals surface area contributed by atoms with Crippen LogP contribution in [0.2, 0.25) is 5.02 Å². The average molecular weight is 449 g/mol. The number of carbonyl (C=O) groups is 1. The number of hydrogen-bond donors (Lipinski definition) is 2. The topological polar surface area (TPSA) is 104 Å². The summed E-state index contributed by atoms with van der Waals surface area (Å²) in [5.41, 5.74) is 1.49. The molecule has 1 fully saturated rings. The normalized spacial score (nSPS) is 15.9. The van der Waals surface area contributed by atoms with Crippen LogP contribution in [0.25, 0.3) is 10.3 Å². The van der Waals surface area contributed by atoms with Gasteiger partial charge in [-0.15, -0.1) is 0 Å². The van der Waals surface area contributed by atoms with E-state index < -0.39 is 0 Å². The molecule has 2 aromatic heterocycles. The summed E-state index contributed by atoms with van der Waals surface area (Å²) in [6, 6.07) is 7.14. The Morgan fingerprint density at radius 2 is 2.13 bits per heavy atom. The smallest absolute Gasteiger partial charge is 0.323 e. The van der Waals surface area contributed by atoms with Crippen LogP contribution in [-0.2, 0) is 0 Å². The lowest BCUT2D eigenvalue weighted by atomic mass is 10.1. The zero-order valence-corrected chi connectivity index (χ0v) is 17.9. The van der Waals surface area contributed by atoms with Crippen LogP contribution in [0.4, 0.5) is 9.93 Å². The Morgan fingerprint density at radius 1 is 1.33 bits per heavy atom. The number of benzene rings is 1. The molecule has 1 atom stereocenters. The van der Waals surface area contributed by atoms with E-state index in [0.717, 1.165) is 5.56 Å². The number of aliphatic hydroxyl groups is 1. The van der Waals surface area contributed by atoms with Gasteiger partial charge in [-0.3, -0.25) is 10.2 Å². The number of aliphatic hydroxyl groups excluding tert-OH is 1. The minimum atomic E-state index is -0.219. The van der Waals surface area contributed by atoms with Crippen LogP contribution < -0.4 is 10.1 Å². The Balaban J connectivity index is 1.38. The summed E-state index contributed by atoms with van der Waals surface area (Å²) in [5, 5.41) is 13.8. The Morgan fingerprint density at radius 3 is 2.83 bits per heavy atom. The van der Waals surface area contributed by atoms with Crippen molar-refractivity contribution in [2.75, 3.05) is 45.2 Å². The minimum absolute atomic E-state index is 0.0128. The summed E-state index contributed by atoms with van der Waals surface area (Å²) in [6.45, 7) is 2.35. The number of anilines is 1. The Labute approximate surface area is 182 Å². The number of nitrogens with zero attached hydrogens (tertiary/aromatic N) is 5. The van der Waals surface area contributed by atoms with Crippen molar-refractivity contribution >= 4 is 44.4 Å². The molecule has 1 aliphatic heterocycles. The molecule has 3 aromatic rings. The molecule has 158 valence electrons. The van der Waals surface area contributed by atoms with E-state index in [4.69, 9.17) is 16.3 Å². The van der Waals surface area contributed by atoms with E-state index in [-0.39, 0.29) is 18.7 Å². The van der Waals surface area contributed by atoms with Gasteiger partial charge in [0.05, 0.1) is 19.8 Å². The van der Waals surface area contributed by atoms with Gasteiger partial charge >= 0.3 is 6.03 Å². The Kier molecular flexibility index (Phi) is 6.28. The van der Waals surface area contributed by atoms with Crippen molar-refractivity contribution < 1.29 is 14.6 Å². The number of thiazole rings is 1. The highest BCUT2D eigenvalue weighted by Gasteiger charge is 2.27. The van der Waals surface area contributed by atoms with Crippen LogP contribution in [0.5, 0.6) is 5.88 Å². The maximum atomic E-state index is 12.7. The first kappa shape index (κ1) is 20.7. The third kappa shape index (κ3) is 4.31. The molecular weight excluding hydrogens is 428 g/mol. The van der Waals surface area contributed by atoms with Gasteiger partial charge in [0.2, 0.25) is 5.88 Å². The van der Waals surface area contributed by atoms with Gasteiger partial charge in [0.25, 0.3) is 0 Å². The second-order valence-corrected chi connectivity index (χ2v) is 8.18. The summed E-state index contributed by atoms with van der Waals surface area (Å²) in [7, 11) is 1.52. The number of hydrogen-bond acceptors (Lipinski definition) is 8. The number of urea groups is 1. The van der Waals surface area contributed by atoms with Crippen LogP contribution in [0.15, 0.2) is 30.6 Å². The number of methoxy groups -OCH3 is 1. The van der Waals surface area contributed by atoms with E-state index in [9.17, 15) is 9.90 Å². The van der Waals surface area contributed by atoms with Crippen LogP contribution in [0.3, 0.4) is 0 Å². The summed E-state index contributed by atoms with van der Waals surface area (Å²) in [6.07, 6.45) is 1.40. The average Bonchev–Trinajstić information content (AvgIpc) is 3.17. The second-order valence-electron chi connectivity index (χ2n) is 6.76. The molecule has 1 aliphatic rings. The van der Waals surface area contributed by atoms with Crippen molar-refractivity contribution in [2.45, 2.75) is 6.04 Å². The van der Waals surface area contributed by atoms with Crippen molar-refractivity contribution in [1.29, 1.82) is 0 Å². The third-order valence-electron chi connectivity index (χ3n) is 5.02. The van der Waals surface area contributed by atoms with Crippen molar-refractivity contribution in [2.24, 2.45) is 0 Å². The fourth-order valence-electron chi connectivity index (χ4n) is 3.49. The molecule has 2 N–H and O–H groups in total. The monoisotopic (exact) mass is 448 g/mol. The molecular formula is C19H21ClN6O3S. The van der Waals surface area contributed by atoms with E-state index in [1.165, 1.54) is 24.8 Å². The number of fused-ring (bicyclic) bond motifs is 1. The molecule has 4 rings (SSSR count). The van der Waals surface area contributed by atoms with E-state index in [0.29, 0.717) is 52.6 Å². The predicted octanol–water partition coefficient (Wildman–Crippen LogP) is 2.63. The van der Waals surface area contributed by atoms with Gasteiger partial charge in [-0.2, -0.15) is 4.98 Å². The molecule has 0 spiro atoms. The lowest BCUT2D eigenvalue weighted by Gasteiger charge is -2.38. The molecule has 0 aliphatic carbocycles. The van der Waals surface area contributed by atoms with Gasteiger partial charge in [-0.25, -0.2) is 14.8 Å². The summed E-state index contributed by atoms with van der Waals surface area (Å²) >= 11 is 7.36. The van der Waals surface area contributed by atoms with Crippen molar-refractivity contribution in [1.82, 2.24) is 24.8 Å². The molecule has 11 heteroatoms. The summed E-state index contributed by atoms with van der Waals surface area (Å²) in [5.74, 6) is 0.376. The van der Waals surface area contributed by atoms with Gasteiger partial charge in [0.1, 0.15) is 6.33 Å². The van der Waals surface area contributed by atoms with Gasteiger partial charge in [-0.1, -0.05) is 35.1 Å². The number of amides is 2. The largest absolute Gasteiger partial charge is 0.479 e. The van der Waals surface area contributed by atoms with Crippen molar-refractivity contribution in [3.63, 3.8) is 0 Å². The molecule has 0 radical (unpaired) electrons. The molecule has 0 saturated carbocycles. The fraction of sp³-hybridized carbons (Fsp3) is 0.368. The zero-order chi connectivity index (χ0) is 21.1. The molecule has 30 heavy (non-hydrogen) atoms. The number of ether oxygens (including phenoxy) is 1. The lowest BCUT2D eigenvalue weighted by molar-refractivity contribution is 0.0783. The number of piperazine rings is 1. The summed E-state index contributed by atoms with van der Waals surface area (Å²) in [4.78, 5) is 29.8. The van der Waals surface area contributed by atoms with E-state index >= 15 is 0 Å². The fourth-order valence-corrected chi connectivity index (χ4v) is 4.48. The molecule has 1 unspecified atom stereocenters. The highest BCUT2D eigenvalue weighted by Crippen LogP contribution is 2.29. The second kappa shape index (κ2) is 9.09. The quantitative estimate of drug-likeness (QED) is 0.618. The highest BCUT2D eigenvalue weighted by molar-refractivity contribution is 7.22. The number of nitrogens with one attached hydrogen (secondary N) is 1. The van der Waals surface area contributed by atoms with Gasteiger partial charge in [-0.05, 0) is 17.7 Å². The van der Waals surface area contributed by atoms with Crippen LogP contribution in [-0.4, -0.2) is 75.8 Å². The van der Waals surface area contributed by atoms with Crippen LogP contribution in [0, 0.1) is 0 Å². The van der Waals surface area contributed by atoms with E-state index in [1.807, 2.05) is 24.3 Å². The van der Waals surface area contributed by atoms with Gasteiger partial charge in [0.15, 0.2) is 15.5 Å². The SMILES string of the molecule is COc1ncnc2sc(NC(=O)N3CCN(C(CO)c4cccc(Cl)c4)CC3)nc12. The summed E-state index contributed by atoms with van der Waals surface area (Å²) < 4.78 is 5.19. The first-order valence-electron chi connectivity index (χ1n) is 9.41. The Bertz CT molecular complexity index is 1040. The lowest BCUT2D eigenvalue weighted by Crippen LogP contribution is -2.51. The number of aromatic nitrogens is 3. The molecule has 1 aromatic carbocycles. The first-order valence-corrected chi connectivity index (χ1v) is 10.6. The molecule has 9 nitrogen and oxygen atoms in total.